The van der Waals surface area contributed by atoms with Gasteiger partial charge < -0.3 is 35.4 Å². The molecule has 5 N–H and O–H groups in total. The number of nitrogens with one attached hydrogen (secondary N) is 2. The van der Waals surface area contributed by atoms with Gasteiger partial charge in [-0.1, -0.05) is 48.6 Å². The number of piperidine rings is 2. The first kappa shape index (κ1) is 49.5. The van der Waals surface area contributed by atoms with Crippen molar-refractivity contribution in [2.45, 2.75) is 107 Å². The fourth-order valence-corrected chi connectivity index (χ4v) is 13.0. The molecule has 7 aliphatic rings. The van der Waals surface area contributed by atoms with Crippen LogP contribution in [0.4, 0.5) is 19.4 Å². The molecule has 71 heavy (non-hydrogen) atoms. The minimum Gasteiger partial charge on any atom is -0.394 e. The van der Waals surface area contributed by atoms with Gasteiger partial charge in [0.1, 0.15) is 17.5 Å². The van der Waals surface area contributed by atoms with Crippen LogP contribution in [0.15, 0.2) is 94.9 Å². The second-order valence-electron chi connectivity index (χ2n) is 21.2. The van der Waals surface area contributed by atoms with Crippen LogP contribution >= 0.6 is 0 Å². The Morgan fingerprint density at radius 1 is 0.986 bits per heavy atom. The number of ether oxygens (including phenoxy) is 2. The van der Waals surface area contributed by atoms with Crippen LogP contribution < -0.4 is 21.3 Å². The molecule has 0 bridgehead atoms. The molecule has 1 aromatic heterocycles. The van der Waals surface area contributed by atoms with Gasteiger partial charge in [0, 0.05) is 61.6 Å². The number of benzene rings is 2. The topological polar surface area (TPSA) is 168 Å². The molecule has 16 heteroatoms. The minimum absolute atomic E-state index is 0.00608. The molecule has 0 spiro atoms. The minimum atomic E-state index is -1.79. The summed E-state index contributed by atoms with van der Waals surface area (Å²) in [6.07, 6.45) is 11.1. The third kappa shape index (κ3) is 10.2. The number of rotatable bonds is 15. The first-order valence-electron chi connectivity index (χ1n) is 26.1. The summed E-state index contributed by atoms with van der Waals surface area (Å²) in [5.41, 5.74) is 8.97. The number of hydrogen-bond donors (Lipinski definition) is 4. The number of carbonyl (C=O) groups is 3. The van der Waals surface area contributed by atoms with E-state index in [1.54, 1.807) is 11.8 Å². The molecule has 3 aliphatic carbocycles. The SMILES string of the molecule is CC1=C(C2=C(C(N)=O)C=CC(OCCO)C2F)C2C[C@@](CNCC3CCN(CC4CCC(N5CCC(c6ccc7c(N8CCC(=O)NC8=O)nn(C)c7c6)CC5)CC4)CC3)(c3ccccc3)OC2C=C1F. The smallest absolute Gasteiger partial charge is 0.329 e. The van der Waals surface area contributed by atoms with Crippen LogP contribution in [0.2, 0.25) is 0 Å². The summed E-state index contributed by atoms with van der Waals surface area (Å²) in [7, 11) is 1.92. The highest BCUT2D eigenvalue weighted by Crippen LogP contribution is 2.53. The number of urea groups is 1. The van der Waals surface area contributed by atoms with Gasteiger partial charge >= 0.3 is 6.03 Å². The Hall–Kier alpha value is -5.10. The maximum atomic E-state index is 16.5. The molecular weight excluding hydrogens is 907 g/mol. The number of nitrogens with zero attached hydrogens (tertiary/aromatic N) is 5. The number of likely N-dealkylation sites (tertiary alicyclic amines) is 2. The van der Waals surface area contributed by atoms with Crippen molar-refractivity contribution in [2.75, 3.05) is 70.5 Å². The third-order valence-electron chi connectivity index (χ3n) is 16.9. The van der Waals surface area contributed by atoms with E-state index in [1.165, 1.54) is 56.0 Å². The van der Waals surface area contributed by atoms with E-state index in [2.05, 4.69) is 43.7 Å². The molecule has 1 saturated carbocycles. The highest BCUT2D eigenvalue weighted by molar-refractivity contribution is 6.08. The van der Waals surface area contributed by atoms with Crippen molar-refractivity contribution in [2.24, 2.45) is 30.5 Å². The van der Waals surface area contributed by atoms with Crippen LogP contribution in [0.25, 0.3) is 10.9 Å². The summed E-state index contributed by atoms with van der Waals surface area (Å²) in [5.74, 6) is 0.324. The van der Waals surface area contributed by atoms with Crippen molar-refractivity contribution in [3.05, 3.63) is 106 Å². The van der Waals surface area contributed by atoms with Crippen LogP contribution in [0.1, 0.15) is 88.2 Å². The Labute approximate surface area is 415 Å². The monoisotopic (exact) mass is 977 g/mol. The Morgan fingerprint density at radius 2 is 1.75 bits per heavy atom. The molecule has 14 nitrogen and oxygen atoms in total. The maximum Gasteiger partial charge on any atom is 0.329 e. The Kier molecular flexibility index (Phi) is 14.7. The summed E-state index contributed by atoms with van der Waals surface area (Å²) < 4.78 is 46.8. The lowest BCUT2D eigenvalue weighted by Crippen LogP contribution is -2.49. The summed E-state index contributed by atoms with van der Waals surface area (Å²) >= 11 is 0. The van der Waals surface area contributed by atoms with E-state index in [-0.39, 0.29) is 42.3 Å². The predicted molar refractivity (Wildman–Crippen MR) is 268 cm³/mol. The number of anilines is 1. The molecule has 5 heterocycles. The number of nitrogens with two attached hydrogens (primary N) is 1. The number of aromatic nitrogens is 2. The second-order valence-corrected chi connectivity index (χ2v) is 21.2. The summed E-state index contributed by atoms with van der Waals surface area (Å²) in [6, 6.07) is 16.8. The lowest BCUT2D eigenvalue weighted by molar-refractivity contribution is -0.120. The number of allylic oxidation sites excluding steroid dienone is 2. The number of amides is 4. The number of alkyl halides is 1. The highest BCUT2D eigenvalue weighted by atomic mass is 19.1. The van der Waals surface area contributed by atoms with Crippen LogP contribution in [0.3, 0.4) is 0 Å². The average molecular weight is 977 g/mol. The van der Waals surface area contributed by atoms with Crippen LogP contribution in [-0.2, 0) is 31.7 Å². The van der Waals surface area contributed by atoms with E-state index in [9.17, 15) is 19.5 Å². The number of hydrogen-bond acceptors (Lipinski definition) is 10. The molecule has 4 aliphatic heterocycles. The number of primary amides is 1. The number of aliphatic hydroxyl groups is 1. The van der Waals surface area contributed by atoms with Gasteiger partial charge in [-0.3, -0.25) is 24.5 Å². The number of aryl methyl sites for hydroxylation is 1. The molecule has 5 fully saturated rings. The van der Waals surface area contributed by atoms with Gasteiger partial charge in [-0.15, -0.1) is 0 Å². The first-order valence-corrected chi connectivity index (χ1v) is 26.1. The Bertz CT molecular complexity index is 2590. The van der Waals surface area contributed by atoms with Gasteiger partial charge in [-0.25, -0.2) is 13.6 Å². The molecule has 380 valence electrons. The number of carbonyl (C=O) groups excluding carboxylic acids is 3. The van der Waals surface area contributed by atoms with E-state index in [1.807, 2.05) is 42.1 Å². The first-order chi connectivity index (χ1) is 34.4. The summed E-state index contributed by atoms with van der Waals surface area (Å²) in [6.45, 7) is 8.45. The molecule has 3 aromatic rings. The Balaban J connectivity index is 0.695. The van der Waals surface area contributed by atoms with Crippen molar-refractivity contribution in [3.8, 4) is 0 Å². The summed E-state index contributed by atoms with van der Waals surface area (Å²) in [4.78, 5) is 44.1. The van der Waals surface area contributed by atoms with Crippen molar-refractivity contribution < 1.29 is 37.7 Å². The van der Waals surface area contributed by atoms with E-state index in [0.29, 0.717) is 48.8 Å². The van der Waals surface area contributed by atoms with Crippen molar-refractivity contribution in [1.82, 2.24) is 30.2 Å². The molecule has 4 amide bonds. The lowest BCUT2D eigenvalue weighted by Gasteiger charge is -2.42. The number of imide groups is 1. The standard InChI is InChI=1S/C55H70F2N8O6/c1-34-44(56)29-47-43(49(34)50-42(52(58)68)14-15-46(51(50)57)70-27-26-66)30-55(71-47,39-6-4-3-5-7-39)33-59-31-35-16-21-63(22-17-35)32-36-8-11-40(12-9-36)64-23-18-37(19-24-64)38-10-13-41-45(28-38)62(2)61-53(41)65-25-20-48(67)60-54(65)69/h3-7,10,13-15,28-29,35-37,40,43,46-47,51,59,66H,8-9,11-12,16-27,30-33H2,1-2H3,(H2,58,68)(H,60,67,69)/t36?,40?,43?,46?,47?,51?,55-/m1/s1. The zero-order valence-electron chi connectivity index (χ0n) is 41.2. The molecular formula is C55H70F2N8O6. The second kappa shape index (κ2) is 21.2. The molecule has 4 unspecified atom stereocenters. The van der Waals surface area contributed by atoms with Gasteiger partial charge in [0.05, 0.1) is 24.8 Å². The van der Waals surface area contributed by atoms with Crippen molar-refractivity contribution in [3.63, 3.8) is 0 Å². The molecule has 0 radical (unpaired) electrons. The van der Waals surface area contributed by atoms with Crippen molar-refractivity contribution in [1.29, 1.82) is 0 Å². The van der Waals surface area contributed by atoms with E-state index in [4.69, 9.17) is 15.2 Å². The van der Waals surface area contributed by atoms with Gasteiger partial charge in [-0.05, 0) is 156 Å². The van der Waals surface area contributed by atoms with E-state index >= 15 is 8.78 Å². The number of fused-ring (bicyclic) bond motifs is 2. The molecule has 2 aromatic carbocycles. The van der Waals surface area contributed by atoms with E-state index in [0.717, 1.165) is 80.8 Å². The van der Waals surface area contributed by atoms with Crippen LogP contribution in [0.5, 0.6) is 0 Å². The van der Waals surface area contributed by atoms with Gasteiger partial charge in [0.15, 0.2) is 12.0 Å². The fourth-order valence-electron chi connectivity index (χ4n) is 13.0. The van der Waals surface area contributed by atoms with Crippen LogP contribution in [0, 0.1) is 17.8 Å². The maximum absolute atomic E-state index is 16.5. The average Bonchev–Trinajstić information content (AvgIpc) is 3.92. The molecule has 5 atom stereocenters. The molecule has 10 rings (SSSR count). The van der Waals surface area contributed by atoms with Gasteiger partial charge in [0.2, 0.25) is 11.8 Å². The van der Waals surface area contributed by atoms with Gasteiger partial charge in [0.25, 0.3) is 0 Å². The lowest BCUT2D eigenvalue weighted by atomic mass is 9.73. The zero-order chi connectivity index (χ0) is 49.4. The third-order valence-corrected chi connectivity index (χ3v) is 16.9. The zero-order valence-corrected chi connectivity index (χ0v) is 41.2. The quantitative estimate of drug-likeness (QED) is 0.130. The summed E-state index contributed by atoms with van der Waals surface area (Å²) in [5, 5.41) is 21.2. The normalized spacial score (nSPS) is 29.5. The van der Waals surface area contributed by atoms with Crippen molar-refractivity contribution >= 4 is 34.6 Å². The molecule has 4 saturated heterocycles. The largest absolute Gasteiger partial charge is 0.394 e. The van der Waals surface area contributed by atoms with E-state index < -0.39 is 47.7 Å². The Morgan fingerprint density at radius 3 is 2.46 bits per heavy atom. The van der Waals surface area contributed by atoms with Gasteiger partial charge in [-0.2, -0.15) is 5.10 Å². The highest BCUT2D eigenvalue weighted by Gasteiger charge is 2.52. The predicted octanol–water partition coefficient (Wildman–Crippen LogP) is 6.61. The fraction of sp³-hybridized carbons (Fsp3) is 0.564. The number of aliphatic hydroxyl groups excluding tert-OH is 1. The van der Waals surface area contributed by atoms with Crippen LogP contribution in [-0.4, -0.2) is 133 Å². The number of halogens is 2.